The Balaban J connectivity index is 0.00000242. The first kappa shape index (κ1) is 18.9. The predicted molar refractivity (Wildman–Crippen MR) is 78.5 cm³/mol. The number of carbonyl (C=O) groups excluding carboxylic acids is 1. The normalized spacial score (nSPS) is 17.1. The number of hydrogen-bond acceptors (Lipinski definition) is 2. The van der Waals surface area contributed by atoms with Crippen molar-refractivity contribution < 1.29 is 46.6 Å². The zero-order valence-electron chi connectivity index (χ0n) is 12.9. The van der Waals surface area contributed by atoms with E-state index in [2.05, 4.69) is 17.9 Å². The molecule has 1 radical (unpaired) electrons. The summed E-state index contributed by atoms with van der Waals surface area (Å²) in [6, 6.07) is 4.57. The molecule has 2 rings (SSSR count). The number of ether oxygens (including phenoxy) is 1. The minimum absolute atomic E-state index is 0. The van der Waals surface area contributed by atoms with E-state index in [1.165, 1.54) is 11.0 Å². The largest absolute Gasteiger partial charge is 0.481 e. The average molecular weight is 375 g/mol. The number of hydrogen-bond donors (Lipinski definition) is 0. The van der Waals surface area contributed by atoms with Gasteiger partial charge in [0.25, 0.3) is 0 Å². The molecule has 5 heteroatoms. The Morgan fingerprint density at radius 1 is 1.50 bits per heavy atom. The van der Waals surface area contributed by atoms with Crippen LogP contribution in [0.2, 0.25) is 0 Å². The molecule has 0 saturated carbocycles. The summed E-state index contributed by atoms with van der Waals surface area (Å²) in [6.07, 6.45) is 3.60. The molecule has 0 saturated heterocycles. The smallest absolute Gasteiger partial charge is 0.225 e. The Hall–Kier alpha value is -1.18. The van der Waals surface area contributed by atoms with Crippen molar-refractivity contribution in [2.24, 2.45) is 5.92 Å². The van der Waals surface area contributed by atoms with Crippen LogP contribution >= 0.6 is 0 Å². The topological polar surface area (TPSA) is 29.5 Å². The van der Waals surface area contributed by atoms with E-state index >= 15 is 0 Å². The minimum atomic E-state index is -0.436. The summed E-state index contributed by atoms with van der Waals surface area (Å²) in [7, 11) is 1.64. The van der Waals surface area contributed by atoms with E-state index < -0.39 is 5.82 Å². The Labute approximate surface area is 155 Å². The van der Waals surface area contributed by atoms with Gasteiger partial charge in [-0.15, -0.1) is 23.2 Å². The first-order chi connectivity index (χ1) is 10.0. The number of halogens is 1. The molecule has 3 nitrogen and oxygen atoms in total. The Morgan fingerprint density at radius 3 is 2.86 bits per heavy atom. The van der Waals surface area contributed by atoms with Gasteiger partial charge in [0.05, 0.1) is 5.82 Å². The van der Waals surface area contributed by atoms with Crippen LogP contribution in [0.1, 0.15) is 25.8 Å². The molecule has 1 atom stereocenters. The summed E-state index contributed by atoms with van der Waals surface area (Å²) in [5.74, 6) is 5.29. The molecule has 0 N–H and O–H groups in total. The van der Waals surface area contributed by atoms with E-state index in [1.54, 1.807) is 26.1 Å². The van der Waals surface area contributed by atoms with Gasteiger partial charge in [0, 0.05) is 45.7 Å². The van der Waals surface area contributed by atoms with Gasteiger partial charge in [-0.25, -0.2) is 10.5 Å². The van der Waals surface area contributed by atoms with Crippen molar-refractivity contribution in [2.75, 3.05) is 13.7 Å². The molecule has 1 heterocycles. The van der Waals surface area contributed by atoms with Crippen molar-refractivity contribution in [2.45, 2.75) is 20.3 Å². The maximum atomic E-state index is 14.2. The second-order valence-corrected chi connectivity index (χ2v) is 4.88. The zero-order valence-corrected chi connectivity index (χ0v) is 15.8. The van der Waals surface area contributed by atoms with Gasteiger partial charge in [-0.05, 0) is 19.1 Å². The Morgan fingerprint density at radius 2 is 2.23 bits per heavy atom. The molecule has 1 unspecified atom stereocenters. The summed E-state index contributed by atoms with van der Waals surface area (Å²) >= 11 is 0. The predicted octanol–water partition coefficient (Wildman–Crippen LogP) is 2.87. The van der Waals surface area contributed by atoms with Gasteiger partial charge in [-0.2, -0.15) is 0 Å². The fourth-order valence-corrected chi connectivity index (χ4v) is 2.14. The summed E-state index contributed by atoms with van der Waals surface area (Å²) in [6.45, 7) is 3.77. The van der Waals surface area contributed by atoms with Crippen LogP contribution in [0.15, 0.2) is 18.2 Å². The van der Waals surface area contributed by atoms with Gasteiger partial charge in [0.15, 0.2) is 0 Å². The molecule has 1 aliphatic rings. The van der Waals surface area contributed by atoms with Crippen LogP contribution in [0.25, 0.3) is 5.70 Å². The van der Waals surface area contributed by atoms with Crippen molar-refractivity contribution in [3.63, 3.8) is 0 Å². The first-order valence-corrected chi connectivity index (χ1v) is 6.75. The van der Waals surface area contributed by atoms with Crippen LogP contribution < -0.4 is 4.74 Å². The van der Waals surface area contributed by atoms with Gasteiger partial charge < -0.3 is 9.64 Å². The molecule has 1 amide bonds. The molecule has 1 aliphatic heterocycles. The van der Waals surface area contributed by atoms with Crippen LogP contribution in [0, 0.1) is 29.7 Å². The number of allylic oxidation sites excluding steroid dienone is 1. The van der Waals surface area contributed by atoms with E-state index in [0.717, 1.165) is 0 Å². The summed E-state index contributed by atoms with van der Waals surface area (Å²) in [4.78, 5) is 13.4. The molecule has 0 aliphatic carbocycles. The van der Waals surface area contributed by atoms with E-state index in [9.17, 15) is 9.18 Å². The third-order valence-electron chi connectivity index (χ3n) is 3.35. The molecule has 1 aromatic rings. The van der Waals surface area contributed by atoms with Crippen molar-refractivity contribution in [1.82, 2.24) is 4.90 Å². The zero-order chi connectivity index (χ0) is 15.4. The standard InChI is InChI=1S/C17H17FNO2.Y/c1-4-5-10-21-13-7-8-14(15(18)11-13)16-9-6-12(2)17(20)19(16)3;/h7-8,11-12H,6,10H2,1-3H3;/q-1;. The number of benzene rings is 1. The molecular formula is C17H17FNO2Y-. The SMILES string of the molecule is CC#CCOc1ccc(C2=[C-]CC(C)C(=O)N2C)c(F)c1.[Y]. The van der Waals surface area contributed by atoms with Crippen molar-refractivity contribution in [3.8, 4) is 17.6 Å². The number of rotatable bonds is 3. The van der Waals surface area contributed by atoms with Crippen LogP contribution in [0.5, 0.6) is 5.75 Å². The molecular weight excluding hydrogens is 358 g/mol. The quantitative estimate of drug-likeness (QED) is 0.601. The van der Waals surface area contributed by atoms with E-state index in [1.807, 2.05) is 6.92 Å². The van der Waals surface area contributed by atoms with E-state index in [0.29, 0.717) is 23.4 Å². The maximum Gasteiger partial charge on any atom is 0.225 e. The van der Waals surface area contributed by atoms with Crippen molar-refractivity contribution in [1.29, 1.82) is 0 Å². The van der Waals surface area contributed by atoms with Gasteiger partial charge in [0.1, 0.15) is 12.4 Å². The molecule has 0 spiro atoms. The Kier molecular flexibility index (Phi) is 7.25. The monoisotopic (exact) mass is 375 g/mol. The van der Waals surface area contributed by atoms with E-state index in [4.69, 9.17) is 4.74 Å². The molecule has 113 valence electrons. The van der Waals surface area contributed by atoms with Crippen LogP contribution in [-0.4, -0.2) is 24.5 Å². The van der Waals surface area contributed by atoms with Crippen LogP contribution in [-0.2, 0) is 37.5 Å². The minimum Gasteiger partial charge on any atom is -0.481 e. The summed E-state index contributed by atoms with van der Waals surface area (Å²) in [5, 5.41) is 0. The molecule has 22 heavy (non-hydrogen) atoms. The summed E-state index contributed by atoms with van der Waals surface area (Å²) < 4.78 is 19.5. The van der Waals surface area contributed by atoms with Gasteiger partial charge >= 0.3 is 0 Å². The van der Waals surface area contributed by atoms with Crippen molar-refractivity contribution in [3.05, 3.63) is 35.7 Å². The average Bonchev–Trinajstić information content (AvgIpc) is 2.46. The third kappa shape index (κ3) is 4.18. The third-order valence-corrected chi connectivity index (χ3v) is 3.35. The van der Waals surface area contributed by atoms with Crippen LogP contribution in [0.3, 0.4) is 0 Å². The van der Waals surface area contributed by atoms with Crippen molar-refractivity contribution >= 4 is 11.6 Å². The fourth-order valence-electron chi connectivity index (χ4n) is 2.14. The number of amides is 1. The maximum absolute atomic E-state index is 14.2. The second-order valence-electron chi connectivity index (χ2n) is 4.88. The molecule has 0 fully saturated rings. The van der Waals surface area contributed by atoms with Gasteiger partial charge in [0.2, 0.25) is 5.91 Å². The van der Waals surface area contributed by atoms with Gasteiger partial charge in [-0.1, -0.05) is 19.3 Å². The summed E-state index contributed by atoms with van der Waals surface area (Å²) in [5.41, 5.74) is 0.835. The second kappa shape index (κ2) is 8.45. The fraction of sp³-hybridized carbons (Fsp3) is 0.353. The van der Waals surface area contributed by atoms with Crippen LogP contribution in [0.4, 0.5) is 4.39 Å². The number of carbonyl (C=O) groups is 1. The molecule has 0 aromatic heterocycles. The first-order valence-electron chi connectivity index (χ1n) is 6.75. The Bertz CT molecular complexity index is 646. The van der Waals surface area contributed by atoms with E-state index in [-0.39, 0.29) is 51.1 Å². The molecule has 0 bridgehead atoms. The van der Waals surface area contributed by atoms with Gasteiger partial charge in [-0.3, -0.25) is 4.79 Å². The molecule has 1 aromatic carbocycles. The number of nitrogens with zero attached hydrogens (tertiary/aromatic N) is 1.